The fourth-order valence-electron chi connectivity index (χ4n) is 3.05. The molecule has 0 aliphatic heterocycles. The Morgan fingerprint density at radius 3 is 2.75 bits per heavy atom. The zero-order chi connectivity index (χ0) is 19.9. The van der Waals surface area contributed by atoms with Crippen molar-refractivity contribution in [3.63, 3.8) is 0 Å². The molecule has 1 aliphatic carbocycles. The molecule has 1 saturated carbocycles. The van der Waals surface area contributed by atoms with E-state index in [1.807, 2.05) is 26.2 Å². The summed E-state index contributed by atoms with van der Waals surface area (Å²) in [6.07, 6.45) is 4.29. The van der Waals surface area contributed by atoms with Crippen molar-refractivity contribution >= 4 is 5.96 Å². The highest BCUT2D eigenvalue weighted by atomic mass is 16.5. The van der Waals surface area contributed by atoms with Gasteiger partial charge in [-0.05, 0) is 63.5 Å². The highest BCUT2D eigenvalue weighted by Gasteiger charge is 2.22. The van der Waals surface area contributed by atoms with E-state index in [4.69, 9.17) is 9.15 Å². The van der Waals surface area contributed by atoms with Crippen molar-refractivity contribution in [3.05, 3.63) is 53.5 Å². The quantitative estimate of drug-likeness (QED) is 0.513. The highest BCUT2D eigenvalue weighted by molar-refractivity contribution is 5.79. The Morgan fingerprint density at radius 2 is 2.11 bits per heavy atom. The lowest BCUT2D eigenvalue weighted by Crippen LogP contribution is -2.41. The van der Waals surface area contributed by atoms with Gasteiger partial charge in [-0.3, -0.25) is 9.89 Å². The number of rotatable bonds is 9. The summed E-state index contributed by atoms with van der Waals surface area (Å²) in [6.45, 7) is 4.27. The molecule has 0 saturated heterocycles. The number of hydrogen-bond donors (Lipinski definition) is 2. The molecule has 1 heterocycles. The van der Waals surface area contributed by atoms with Crippen LogP contribution in [0.4, 0.5) is 0 Å². The Hall–Kier alpha value is -2.47. The first-order valence-electron chi connectivity index (χ1n) is 9.93. The normalized spacial score (nSPS) is 15.5. The molecule has 0 radical (unpaired) electrons. The summed E-state index contributed by atoms with van der Waals surface area (Å²) in [6, 6.07) is 10.4. The molecule has 1 unspecified atom stereocenters. The Bertz CT molecular complexity index is 767. The predicted molar refractivity (Wildman–Crippen MR) is 113 cm³/mol. The predicted octanol–water partition coefficient (Wildman–Crippen LogP) is 3.34. The van der Waals surface area contributed by atoms with Gasteiger partial charge in [0.05, 0.1) is 18.9 Å². The van der Waals surface area contributed by atoms with Crippen molar-refractivity contribution in [2.75, 3.05) is 34.3 Å². The lowest BCUT2D eigenvalue weighted by molar-refractivity contribution is 0.258. The third-order valence-electron chi connectivity index (χ3n) is 5.02. The molecule has 1 aromatic heterocycles. The average molecular weight is 385 g/mol. The van der Waals surface area contributed by atoms with Gasteiger partial charge in [-0.1, -0.05) is 12.1 Å². The highest BCUT2D eigenvalue weighted by Crippen LogP contribution is 2.30. The Morgan fingerprint density at radius 1 is 1.29 bits per heavy atom. The molecule has 3 rings (SSSR count). The van der Waals surface area contributed by atoms with Gasteiger partial charge < -0.3 is 19.8 Å². The van der Waals surface area contributed by atoms with E-state index in [1.54, 1.807) is 13.3 Å². The van der Waals surface area contributed by atoms with Crippen molar-refractivity contribution in [1.29, 1.82) is 0 Å². The van der Waals surface area contributed by atoms with E-state index in [1.165, 1.54) is 18.4 Å². The summed E-state index contributed by atoms with van der Waals surface area (Å²) in [4.78, 5) is 6.48. The topological polar surface area (TPSA) is 62.0 Å². The number of hydrogen-bond acceptors (Lipinski definition) is 4. The summed E-state index contributed by atoms with van der Waals surface area (Å²) < 4.78 is 11.6. The first-order valence-corrected chi connectivity index (χ1v) is 9.93. The molecule has 2 N–H and O–H groups in total. The van der Waals surface area contributed by atoms with Crippen molar-refractivity contribution in [1.82, 2.24) is 15.5 Å². The van der Waals surface area contributed by atoms with E-state index < -0.39 is 0 Å². The lowest BCUT2D eigenvalue weighted by atomic mass is 10.1. The van der Waals surface area contributed by atoms with E-state index >= 15 is 0 Å². The minimum atomic E-state index is 0.130. The van der Waals surface area contributed by atoms with Gasteiger partial charge in [0.15, 0.2) is 5.96 Å². The lowest BCUT2D eigenvalue weighted by Gasteiger charge is -2.24. The van der Waals surface area contributed by atoms with Gasteiger partial charge in [0.1, 0.15) is 11.5 Å². The van der Waals surface area contributed by atoms with Crippen molar-refractivity contribution < 1.29 is 9.15 Å². The summed E-state index contributed by atoms with van der Waals surface area (Å²) >= 11 is 0. The van der Waals surface area contributed by atoms with Crippen LogP contribution in [-0.2, 0) is 6.54 Å². The van der Waals surface area contributed by atoms with Crippen LogP contribution in [0.2, 0.25) is 0 Å². The van der Waals surface area contributed by atoms with E-state index in [2.05, 4.69) is 45.6 Å². The molecular formula is C22H32N4O2. The number of aliphatic imine (C=N–C) groups is 1. The molecule has 28 heavy (non-hydrogen) atoms. The third kappa shape index (κ3) is 5.76. The molecule has 1 aromatic carbocycles. The van der Waals surface area contributed by atoms with Crippen molar-refractivity contribution in [2.24, 2.45) is 10.9 Å². The zero-order valence-corrected chi connectivity index (χ0v) is 17.4. The minimum absolute atomic E-state index is 0.130. The van der Waals surface area contributed by atoms with Gasteiger partial charge in [-0.25, -0.2) is 0 Å². The van der Waals surface area contributed by atoms with Crippen LogP contribution in [0.5, 0.6) is 5.75 Å². The van der Waals surface area contributed by atoms with Crippen LogP contribution >= 0.6 is 0 Å². The summed E-state index contributed by atoms with van der Waals surface area (Å²) in [5, 5.41) is 6.80. The molecule has 6 nitrogen and oxygen atoms in total. The molecule has 1 atom stereocenters. The van der Waals surface area contributed by atoms with Crippen LogP contribution in [0.15, 0.2) is 46.0 Å². The van der Waals surface area contributed by atoms with E-state index in [0.29, 0.717) is 13.1 Å². The zero-order valence-electron chi connectivity index (χ0n) is 17.4. The fourth-order valence-corrected chi connectivity index (χ4v) is 3.05. The Kier molecular flexibility index (Phi) is 6.98. The van der Waals surface area contributed by atoms with Gasteiger partial charge in [-0.2, -0.15) is 0 Å². The molecule has 1 fully saturated rings. The molecule has 6 heteroatoms. The van der Waals surface area contributed by atoms with Crippen molar-refractivity contribution in [2.45, 2.75) is 32.4 Å². The number of likely N-dealkylation sites (N-methyl/N-ethyl adjacent to an activating group) is 1. The summed E-state index contributed by atoms with van der Waals surface area (Å²) in [5.41, 5.74) is 2.36. The van der Waals surface area contributed by atoms with E-state index in [0.717, 1.165) is 35.6 Å². The van der Waals surface area contributed by atoms with Gasteiger partial charge in [-0.15, -0.1) is 0 Å². The van der Waals surface area contributed by atoms with Gasteiger partial charge in [0, 0.05) is 25.7 Å². The van der Waals surface area contributed by atoms with Gasteiger partial charge in [0.25, 0.3) is 0 Å². The van der Waals surface area contributed by atoms with E-state index in [9.17, 15) is 0 Å². The molecule has 152 valence electrons. The molecule has 0 spiro atoms. The number of ether oxygens (including phenoxy) is 1. The molecular weight excluding hydrogens is 352 g/mol. The number of nitrogens with one attached hydrogen (secondary N) is 2. The molecule has 0 amide bonds. The number of aryl methyl sites for hydroxylation is 1. The second kappa shape index (κ2) is 9.64. The Balaban J connectivity index is 1.56. The second-order valence-corrected chi connectivity index (χ2v) is 7.67. The number of benzene rings is 1. The standard InChI is InChI=1S/C22H32N4O2/c1-16-7-10-18(21(12-16)28-15-17-8-9-17)13-24-22(23-2)25-14-19(26(3)4)20-6-5-11-27-20/h5-7,10-12,17,19H,8-9,13-15H2,1-4H3,(H2,23,24,25). The van der Waals surface area contributed by atoms with Gasteiger partial charge in [0.2, 0.25) is 0 Å². The average Bonchev–Trinajstić information content (AvgIpc) is 3.36. The number of guanidine groups is 1. The van der Waals surface area contributed by atoms with Crippen LogP contribution in [0.3, 0.4) is 0 Å². The van der Waals surface area contributed by atoms with Crippen molar-refractivity contribution in [3.8, 4) is 5.75 Å². The maximum absolute atomic E-state index is 6.07. The van der Waals surface area contributed by atoms with Crippen LogP contribution in [0, 0.1) is 12.8 Å². The SMILES string of the molecule is CN=C(NCc1ccc(C)cc1OCC1CC1)NCC(c1ccco1)N(C)C. The summed E-state index contributed by atoms with van der Waals surface area (Å²) in [7, 11) is 5.87. The van der Waals surface area contributed by atoms with Crippen LogP contribution < -0.4 is 15.4 Å². The molecule has 2 aromatic rings. The smallest absolute Gasteiger partial charge is 0.191 e. The minimum Gasteiger partial charge on any atom is -0.493 e. The second-order valence-electron chi connectivity index (χ2n) is 7.67. The number of furan rings is 1. The molecule has 1 aliphatic rings. The first kappa shape index (κ1) is 20.3. The first-order chi connectivity index (χ1) is 13.6. The largest absolute Gasteiger partial charge is 0.493 e. The fraction of sp³-hybridized carbons (Fsp3) is 0.500. The van der Waals surface area contributed by atoms with Crippen LogP contribution in [0.25, 0.3) is 0 Å². The monoisotopic (exact) mass is 384 g/mol. The molecule has 0 bridgehead atoms. The maximum Gasteiger partial charge on any atom is 0.191 e. The number of nitrogens with zero attached hydrogens (tertiary/aromatic N) is 2. The third-order valence-corrected chi connectivity index (χ3v) is 5.02. The maximum atomic E-state index is 6.07. The van der Waals surface area contributed by atoms with Gasteiger partial charge >= 0.3 is 0 Å². The van der Waals surface area contributed by atoms with Crippen LogP contribution in [-0.4, -0.2) is 45.2 Å². The Labute approximate surface area is 168 Å². The van der Waals surface area contributed by atoms with Crippen LogP contribution in [0.1, 0.15) is 35.8 Å². The van der Waals surface area contributed by atoms with E-state index in [-0.39, 0.29) is 6.04 Å². The summed E-state index contributed by atoms with van der Waals surface area (Å²) in [5.74, 6) is 3.39.